The predicted molar refractivity (Wildman–Crippen MR) is 144 cm³/mol. The molecule has 0 saturated carbocycles. The van der Waals surface area contributed by atoms with Gasteiger partial charge in [0.25, 0.3) is 0 Å². The highest BCUT2D eigenvalue weighted by molar-refractivity contribution is 6.76. The molecule has 286 valence electrons. The highest BCUT2D eigenvalue weighted by atomic mass is 28.4. The maximum atomic E-state index is 14.7. The van der Waals surface area contributed by atoms with Crippen molar-refractivity contribution >= 4 is 8.32 Å². The molecule has 1 aromatic carbocycles. The molecular weight excluding hydrogens is 735 g/mol. The van der Waals surface area contributed by atoms with Crippen molar-refractivity contribution in [3.8, 4) is 5.75 Å². The molecule has 0 bridgehead atoms. The summed E-state index contributed by atoms with van der Waals surface area (Å²) >= 11 is 0. The van der Waals surface area contributed by atoms with E-state index in [1.807, 2.05) is 0 Å². The van der Waals surface area contributed by atoms with Crippen molar-refractivity contribution in [2.45, 2.75) is 111 Å². The molecular formula is C28H33F17O3Si. The quantitative estimate of drug-likeness (QED) is 0.0659. The molecule has 1 N–H and O–H groups in total. The molecule has 0 aliphatic heterocycles. The molecule has 0 amide bonds. The minimum Gasteiger partial charge on any atom is -0.491 e. The van der Waals surface area contributed by atoms with Gasteiger partial charge in [0, 0.05) is 6.42 Å². The number of hydrogen-bond donors (Lipinski definition) is 1. The zero-order valence-corrected chi connectivity index (χ0v) is 27.1. The fraction of sp³-hybridized carbons (Fsp3) is 0.714. The molecule has 0 saturated heterocycles. The first-order valence-electron chi connectivity index (χ1n) is 14.1. The average molecular weight is 769 g/mol. The molecule has 0 aliphatic carbocycles. The fourth-order valence-electron chi connectivity index (χ4n) is 4.83. The molecule has 1 atom stereocenters. The first kappa shape index (κ1) is 44.7. The number of ether oxygens (including phenoxy) is 1. The van der Waals surface area contributed by atoms with Gasteiger partial charge in [0.15, 0.2) is 8.32 Å². The zero-order valence-electron chi connectivity index (χ0n) is 26.1. The summed E-state index contributed by atoms with van der Waals surface area (Å²) in [6.07, 6.45) is -9.49. The first-order chi connectivity index (χ1) is 21.8. The van der Waals surface area contributed by atoms with Crippen molar-refractivity contribution in [3.63, 3.8) is 0 Å². The minimum absolute atomic E-state index is 0.212. The van der Waals surface area contributed by atoms with E-state index in [0.717, 1.165) is 0 Å². The van der Waals surface area contributed by atoms with Gasteiger partial charge >= 0.3 is 47.6 Å². The summed E-state index contributed by atoms with van der Waals surface area (Å²) in [6, 6.07) is 4.57. The zero-order chi connectivity index (χ0) is 38.9. The van der Waals surface area contributed by atoms with Crippen LogP contribution < -0.4 is 4.74 Å². The van der Waals surface area contributed by atoms with E-state index in [1.54, 1.807) is 0 Å². The van der Waals surface area contributed by atoms with Crippen LogP contribution in [0.4, 0.5) is 74.6 Å². The summed E-state index contributed by atoms with van der Waals surface area (Å²) in [5.41, 5.74) is -1.15. The molecule has 0 aliphatic rings. The number of halogens is 17. The predicted octanol–water partition coefficient (Wildman–Crippen LogP) is 10.9. The lowest BCUT2D eigenvalue weighted by atomic mass is 9.88. The topological polar surface area (TPSA) is 38.7 Å². The van der Waals surface area contributed by atoms with Gasteiger partial charge in [0.05, 0.1) is 12.7 Å². The van der Waals surface area contributed by atoms with E-state index in [9.17, 15) is 79.7 Å². The van der Waals surface area contributed by atoms with E-state index in [-0.39, 0.29) is 18.8 Å². The standard InChI is InChI=1S/C28H33F17O3Si/c1-6-7-20(46)18-8-10-19(11-9-18)47-13-14-48-49(16(2)3,17(4)5)15-12-21(29,30)22(31,32)23(33,34)24(35,36)25(37,38)26(39,40)27(41,42)28(43,44)45/h6,8-11,16-17,20,46H,1,7,12-15H2,2-5H3/t20-/m0/s1. The Hall–Kier alpha value is -2.29. The van der Waals surface area contributed by atoms with Gasteiger partial charge in [-0.05, 0) is 41.2 Å². The normalized spacial score (nSPS) is 15.6. The van der Waals surface area contributed by atoms with Crippen molar-refractivity contribution in [1.82, 2.24) is 0 Å². The van der Waals surface area contributed by atoms with Crippen LogP contribution in [0.1, 0.15) is 52.2 Å². The Balaban J connectivity index is 3.30. The molecule has 0 fully saturated rings. The Kier molecular flexibility index (Phi) is 13.5. The van der Waals surface area contributed by atoms with Crippen LogP contribution in [-0.4, -0.2) is 74.3 Å². The Morgan fingerprint density at radius 3 is 1.45 bits per heavy atom. The van der Waals surface area contributed by atoms with E-state index >= 15 is 0 Å². The molecule has 0 unspecified atom stereocenters. The second-order valence-corrected chi connectivity index (χ2v) is 16.7. The summed E-state index contributed by atoms with van der Waals surface area (Å²) in [5, 5.41) is 9.95. The van der Waals surface area contributed by atoms with Crippen LogP contribution in [0.5, 0.6) is 5.75 Å². The van der Waals surface area contributed by atoms with Crippen LogP contribution in [0, 0.1) is 0 Å². The maximum absolute atomic E-state index is 14.7. The molecule has 0 radical (unpaired) electrons. The Bertz CT molecular complexity index is 1220. The highest BCUT2D eigenvalue weighted by Crippen LogP contribution is 2.64. The van der Waals surface area contributed by atoms with Crippen molar-refractivity contribution < 1.29 is 88.9 Å². The lowest BCUT2D eigenvalue weighted by molar-refractivity contribution is -0.461. The number of rotatable bonds is 19. The summed E-state index contributed by atoms with van der Waals surface area (Å²) in [5.74, 6) is -56.3. The minimum atomic E-state index is -8.66. The van der Waals surface area contributed by atoms with E-state index in [2.05, 4.69) is 6.58 Å². The van der Waals surface area contributed by atoms with Gasteiger partial charge in [0.1, 0.15) is 12.4 Å². The number of aliphatic hydroxyl groups is 1. The Morgan fingerprint density at radius 1 is 0.653 bits per heavy atom. The van der Waals surface area contributed by atoms with Gasteiger partial charge in [-0.15, -0.1) is 6.58 Å². The van der Waals surface area contributed by atoms with E-state index in [4.69, 9.17) is 9.16 Å². The van der Waals surface area contributed by atoms with Crippen LogP contribution in [-0.2, 0) is 4.43 Å². The smallest absolute Gasteiger partial charge is 0.460 e. The van der Waals surface area contributed by atoms with E-state index < -0.39 is 92.2 Å². The van der Waals surface area contributed by atoms with Crippen molar-refractivity contribution in [2.75, 3.05) is 13.2 Å². The lowest BCUT2D eigenvalue weighted by Gasteiger charge is -2.44. The SMILES string of the molecule is C=CC[C@H](O)c1ccc(OCCO[Si](CCC(F)(F)C(F)(F)C(F)(F)C(F)(F)C(F)(F)C(F)(F)C(F)(F)C(F)(F)F)(C(C)C)C(C)C)cc1. The second-order valence-electron chi connectivity index (χ2n) is 11.7. The Labute approximate surface area is 270 Å². The van der Waals surface area contributed by atoms with Gasteiger partial charge in [-0.3, -0.25) is 0 Å². The molecule has 1 aromatic rings. The van der Waals surface area contributed by atoms with Gasteiger partial charge < -0.3 is 14.3 Å². The molecule has 0 heterocycles. The first-order valence-corrected chi connectivity index (χ1v) is 16.4. The summed E-state index contributed by atoms with van der Waals surface area (Å²) in [4.78, 5) is 0. The van der Waals surface area contributed by atoms with Crippen LogP contribution in [0.15, 0.2) is 36.9 Å². The number of benzene rings is 1. The van der Waals surface area contributed by atoms with Gasteiger partial charge in [-0.1, -0.05) is 45.9 Å². The number of alkyl halides is 17. The third-order valence-corrected chi connectivity index (χ3v) is 13.6. The summed E-state index contributed by atoms with van der Waals surface area (Å²) in [7, 11) is -3.89. The summed E-state index contributed by atoms with van der Waals surface area (Å²) < 4.78 is 244. The maximum Gasteiger partial charge on any atom is 0.460 e. The molecule has 21 heteroatoms. The van der Waals surface area contributed by atoms with Crippen molar-refractivity contribution in [1.29, 1.82) is 0 Å². The molecule has 0 spiro atoms. The third kappa shape index (κ3) is 7.96. The van der Waals surface area contributed by atoms with Crippen LogP contribution in [0.3, 0.4) is 0 Å². The Morgan fingerprint density at radius 2 is 1.06 bits per heavy atom. The van der Waals surface area contributed by atoms with Gasteiger partial charge in [-0.2, -0.15) is 74.6 Å². The number of aliphatic hydroxyl groups excluding tert-OH is 1. The largest absolute Gasteiger partial charge is 0.491 e. The van der Waals surface area contributed by atoms with Crippen molar-refractivity contribution in [2.24, 2.45) is 0 Å². The van der Waals surface area contributed by atoms with Crippen LogP contribution in [0.2, 0.25) is 17.1 Å². The number of hydrogen-bond acceptors (Lipinski definition) is 3. The monoisotopic (exact) mass is 768 g/mol. The molecule has 3 nitrogen and oxygen atoms in total. The average Bonchev–Trinajstić information content (AvgIpc) is 2.95. The highest BCUT2D eigenvalue weighted by Gasteiger charge is 2.95. The van der Waals surface area contributed by atoms with E-state index in [1.165, 1.54) is 58.0 Å². The third-order valence-electron chi connectivity index (χ3n) is 7.95. The van der Waals surface area contributed by atoms with Crippen molar-refractivity contribution in [3.05, 3.63) is 42.5 Å². The van der Waals surface area contributed by atoms with Crippen LogP contribution in [0.25, 0.3) is 0 Å². The molecule has 49 heavy (non-hydrogen) atoms. The van der Waals surface area contributed by atoms with Gasteiger partial charge in [0.2, 0.25) is 0 Å². The van der Waals surface area contributed by atoms with Gasteiger partial charge in [-0.25, -0.2) is 0 Å². The van der Waals surface area contributed by atoms with E-state index in [0.29, 0.717) is 5.56 Å². The lowest BCUT2D eigenvalue weighted by Crippen LogP contribution is -2.74. The fourth-order valence-corrected chi connectivity index (χ4v) is 9.29. The van der Waals surface area contributed by atoms with Crippen LogP contribution >= 0.6 is 0 Å². The summed E-state index contributed by atoms with van der Waals surface area (Å²) in [6.45, 7) is 8.05. The second kappa shape index (κ2) is 14.7. The molecule has 0 aromatic heterocycles. The molecule has 1 rings (SSSR count).